The molecule has 4 rings (SSSR count). The molecule has 0 bridgehead atoms. The molecule has 0 saturated carbocycles. The molecule has 174 valence electrons. The topological polar surface area (TPSA) is 3.24 Å². The van der Waals surface area contributed by atoms with Crippen molar-refractivity contribution in [2.75, 3.05) is 11.9 Å². The van der Waals surface area contributed by atoms with Gasteiger partial charge in [0.15, 0.2) is 0 Å². The molecule has 0 aromatic heterocycles. The van der Waals surface area contributed by atoms with Crippen LogP contribution in [-0.4, -0.2) is 7.05 Å². The molecule has 0 saturated heterocycles. The van der Waals surface area contributed by atoms with E-state index in [-0.39, 0.29) is 10.8 Å². The monoisotopic (exact) mass is 447 g/mol. The fourth-order valence-electron chi connectivity index (χ4n) is 4.42. The number of anilines is 2. The summed E-state index contributed by atoms with van der Waals surface area (Å²) in [6.07, 6.45) is 0. The number of nitrogens with zero attached hydrogens (tertiary/aromatic N) is 1. The molecule has 0 aliphatic rings. The van der Waals surface area contributed by atoms with Crippen molar-refractivity contribution in [3.8, 4) is 22.3 Å². The summed E-state index contributed by atoms with van der Waals surface area (Å²) < 4.78 is 0. The van der Waals surface area contributed by atoms with Gasteiger partial charge in [-0.05, 0) is 57.3 Å². The summed E-state index contributed by atoms with van der Waals surface area (Å²) in [5.74, 6) is 0. The molecule has 0 heterocycles. The number of hydrogen-bond acceptors (Lipinski definition) is 1. The summed E-state index contributed by atoms with van der Waals surface area (Å²) in [6, 6.07) is 35.4. The van der Waals surface area contributed by atoms with E-state index in [0.29, 0.717) is 0 Å². The van der Waals surface area contributed by atoms with E-state index in [1.54, 1.807) is 0 Å². The van der Waals surface area contributed by atoms with Crippen LogP contribution in [0.3, 0.4) is 0 Å². The van der Waals surface area contributed by atoms with Gasteiger partial charge in [-0.15, -0.1) is 0 Å². The van der Waals surface area contributed by atoms with Crippen LogP contribution in [0.25, 0.3) is 22.3 Å². The summed E-state index contributed by atoms with van der Waals surface area (Å²) in [4.78, 5) is 2.35. The third kappa shape index (κ3) is 4.94. The first-order valence-corrected chi connectivity index (χ1v) is 12.2. The van der Waals surface area contributed by atoms with Crippen LogP contribution < -0.4 is 4.90 Å². The lowest BCUT2D eigenvalue weighted by Crippen LogP contribution is -2.16. The van der Waals surface area contributed by atoms with Crippen LogP contribution in [0.4, 0.5) is 11.4 Å². The van der Waals surface area contributed by atoms with E-state index < -0.39 is 0 Å². The Bertz CT molecular complexity index is 1150. The van der Waals surface area contributed by atoms with E-state index >= 15 is 0 Å². The molecule has 0 aliphatic heterocycles. The highest BCUT2D eigenvalue weighted by Crippen LogP contribution is 2.42. The third-order valence-electron chi connectivity index (χ3n) is 6.62. The van der Waals surface area contributed by atoms with Crippen molar-refractivity contribution in [3.05, 3.63) is 108 Å². The van der Waals surface area contributed by atoms with Gasteiger partial charge < -0.3 is 4.90 Å². The normalized spacial score (nSPS) is 12.0. The molecular formula is C33H37N. The Kier molecular flexibility index (Phi) is 6.41. The van der Waals surface area contributed by atoms with E-state index in [9.17, 15) is 0 Å². The van der Waals surface area contributed by atoms with E-state index in [1.165, 1.54) is 44.8 Å². The van der Waals surface area contributed by atoms with E-state index in [4.69, 9.17) is 0 Å². The molecular weight excluding hydrogens is 410 g/mol. The lowest BCUT2D eigenvalue weighted by Gasteiger charge is -2.29. The summed E-state index contributed by atoms with van der Waals surface area (Å²) >= 11 is 0. The molecule has 0 spiro atoms. The van der Waals surface area contributed by atoms with Crippen molar-refractivity contribution >= 4 is 11.4 Å². The van der Waals surface area contributed by atoms with Gasteiger partial charge in [0, 0.05) is 29.5 Å². The zero-order valence-corrected chi connectivity index (χ0v) is 21.7. The van der Waals surface area contributed by atoms with Gasteiger partial charge >= 0.3 is 0 Å². The zero-order chi connectivity index (χ0) is 24.5. The van der Waals surface area contributed by atoms with Crippen LogP contribution in [0.5, 0.6) is 0 Å². The number of benzene rings is 4. The number of rotatable bonds is 4. The Hall–Kier alpha value is -3.32. The molecule has 4 aromatic rings. The molecule has 1 heteroatoms. The molecule has 0 aliphatic carbocycles. The first-order valence-electron chi connectivity index (χ1n) is 12.2. The highest BCUT2D eigenvalue weighted by molar-refractivity contribution is 5.88. The fraction of sp³-hybridized carbons (Fsp3) is 0.273. The van der Waals surface area contributed by atoms with E-state index in [0.717, 1.165) is 0 Å². The average Bonchev–Trinajstić information content (AvgIpc) is 2.83. The van der Waals surface area contributed by atoms with Crippen molar-refractivity contribution < 1.29 is 0 Å². The molecule has 4 aromatic carbocycles. The Morgan fingerprint density at radius 1 is 0.471 bits per heavy atom. The van der Waals surface area contributed by atoms with Crippen molar-refractivity contribution in [1.82, 2.24) is 0 Å². The molecule has 34 heavy (non-hydrogen) atoms. The minimum absolute atomic E-state index is 0.0875. The van der Waals surface area contributed by atoms with Crippen molar-refractivity contribution in [2.45, 2.75) is 52.4 Å². The highest BCUT2D eigenvalue weighted by atomic mass is 15.1. The third-order valence-corrected chi connectivity index (χ3v) is 6.62. The summed E-state index contributed by atoms with van der Waals surface area (Å²) in [5.41, 5.74) is 10.3. The Morgan fingerprint density at radius 2 is 0.824 bits per heavy atom. The molecule has 0 radical (unpaired) electrons. The average molecular weight is 448 g/mol. The molecule has 0 unspecified atom stereocenters. The lowest BCUT2D eigenvalue weighted by molar-refractivity contribution is 0.590. The van der Waals surface area contributed by atoms with Gasteiger partial charge in [0.2, 0.25) is 0 Å². The first-order chi connectivity index (χ1) is 16.1. The summed E-state index contributed by atoms with van der Waals surface area (Å²) in [5, 5.41) is 0. The number of hydrogen-bond donors (Lipinski definition) is 0. The quantitative estimate of drug-likeness (QED) is 0.301. The highest BCUT2D eigenvalue weighted by Gasteiger charge is 2.21. The Labute approximate surface area is 206 Å². The van der Waals surface area contributed by atoms with Crippen LogP contribution in [0.1, 0.15) is 52.7 Å². The van der Waals surface area contributed by atoms with E-state index in [1.807, 2.05) is 0 Å². The molecule has 0 N–H and O–H groups in total. The molecule has 1 nitrogen and oxygen atoms in total. The maximum absolute atomic E-state index is 2.37. The van der Waals surface area contributed by atoms with Crippen LogP contribution in [-0.2, 0) is 10.8 Å². The van der Waals surface area contributed by atoms with Crippen LogP contribution in [0.2, 0.25) is 0 Å². The maximum Gasteiger partial charge on any atom is 0.0488 e. The predicted octanol–water partition coefficient (Wildman–Crippen LogP) is 9.38. The standard InChI is InChI=1S/C33H37N/c1-32(2,3)26-18-20-30(28(22-26)24-14-10-8-11-15-24)34(7)31-21-19-27(33(4,5)6)23-29(31)25-16-12-9-13-17-25/h8-23H,1-7H3. The summed E-state index contributed by atoms with van der Waals surface area (Å²) in [6.45, 7) is 13.7. The molecule has 0 atom stereocenters. The van der Waals surface area contributed by atoms with Crippen LogP contribution in [0, 0.1) is 0 Å². The van der Waals surface area contributed by atoms with Gasteiger partial charge in [0.1, 0.15) is 0 Å². The Balaban J connectivity index is 1.92. The van der Waals surface area contributed by atoms with E-state index in [2.05, 4.69) is 151 Å². The van der Waals surface area contributed by atoms with Crippen molar-refractivity contribution in [3.63, 3.8) is 0 Å². The van der Waals surface area contributed by atoms with Gasteiger partial charge in [-0.3, -0.25) is 0 Å². The fourth-order valence-corrected chi connectivity index (χ4v) is 4.42. The van der Waals surface area contributed by atoms with Gasteiger partial charge in [-0.25, -0.2) is 0 Å². The molecule has 0 fully saturated rings. The second kappa shape index (κ2) is 9.14. The minimum Gasteiger partial charge on any atom is -0.344 e. The second-order valence-corrected chi connectivity index (χ2v) is 11.3. The van der Waals surface area contributed by atoms with Gasteiger partial charge in [-0.1, -0.05) is 114 Å². The maximum atomic E-state index is 2.37. The smallest absolute Gasteiger partial charge is 0.0488 e. The summed E-state index contributed by atoms with van der Waals surface area (Å²) in [7, 11) is 2.19. The second-order valence-electron chi connectivity index (χ2n) is 11.3. The van der Waals surface area contributed by atoms with Crippen molar-refractivity contribution in [2.24, 2.45) is 0 Å². The first kappa shape index (κ1) is 23.8. The van der Waals surface area contributed by atoms with Gasteiger partial charge in [0.05, 0.1) is 0 Å². The minimum atomic E-state index is 0.0875. The van der Waals surface area contributed by atoms with Crippen molar-refractivity contribution in [1.29, 1.82) is 0 Å². The molecule has 0 amide bonds. The Morgan fingerprint density at radius 3 is 1.15 bits per heavy atom. The van der Waals surface area contributed by atoms with Gasteiger partial charge in [-0.2, -0.15) is 0 Å². The predicted molar refractivity (Wildman–Crippen MR) is 149 cm³/mol. The van der Waals surface area contributed by atoms with Crippen LogP contribution >= 0.6 is 0 Å². The lowest BCUT2D eigenvalue weighted by atomic mass is 9.84. The zero-order valence-electron chi connectivity index (χ0n) is 21.7. The van der Waals surface area contributed by atoms with Gasteiger partial charge in [0.25, 0.3) is 0 Å². The SMILES string of the molecule is CN(c1ccc(C(C)(C)C)cc1-c1ccccc1)c1ccc(C(C)(C)C)cc1-c1ccccc1. The largest absolute Gasteiger partial charge is 0.344 e. The van der Waals surface area contributed by atoms with Crippen LogP contribution in [0.15, 0.2) is 97.1 Å².